The van der Waals surface area contributed by atoms with E-state index in [1.807, 2.05) is 30.3 Å². The lowest BCUT2D eigenvalue weighted by atomic mass is 10.2. The van der Waals surface area contributed by atoms with Gasteiger partial charge in [0.05, 0.1) is 6.54 Å². The number of benzene rings is 1. The molecule has 2 aromatic rings. The molecule has 0 bridgehead atoms. The molecule has 3 amide bonds. The summed E-state index contributed by atoms with van der Waals surface area (Å²) in [5, 5.41) is 8.38. The number of unbranched alkanes of at least 4 members (excludes halogenated alkanes) is 2. The molecule has 2 rings (SSSR count). The van der Waals surface area contributed by atoms with E-state index < -0.39 is 0 Å². The Labute approximate surface area is 171 Å². The molecule has 1 aromatic heterocycles. The molecule has 1 aromatic carbocycles. The SMILES string of the molecule is CCCCNC(=O)c1csc(CN(CCCC)C(=O)NCc2ccccc2)n1. The number of thiazole rings is 1. The molecule has 0 fully saturated rings. The lowest BCUT2D eigenvalue weighted by molar-refractivity contribution is 0.0948. The van der Waals surface area contributed by atoms with Crippen molar-refractivity contribution in [2.75, 3.05) is 13.1 Å². The third-order valence-corrected chi connectivity index (χ3v) is 5.12. The first kappa shape index (κ1) is 21.9. The maximum absolute atomic E-state index is 12.7. The summed E-state index contributed by atoms with van der Waals surface area (Å²) in [5.41, 5.74) is 1.49. The molecule has 0 saturated carbocycles. The summed E-state index contributed by atoms with van der Waals surface area (Å²) in [5.74, 6) is -0.149. The zero-order chi connectivity index (χ0) is 20.2. The van der Waals surface area contributed by atoms with Crippen LogP contribution in [-0.2, 0) is 13.1 Å². The lowest BCUT2D eigenvalue weighted by Crippen LogP contribution is -2.39. The van der Waals surface area contributed by atoms with Gasteiger partial charge in [-0.25, -0.2) is 9.78 Å². The van der Waals surface area contributed by atoms with Crippen LogP contribution in [0.5, 0.6) is 0 Å². The van der Waals surface area contributed by atoms with Gasteiger partial charge in [-0.2, -0.15) is 0 Å². The maximum atomic E-state index is 12.7. The second-order valence-corrected chi connectivity index (χ2v) is 7.60. The van der Waals surface area contributed by atoms with Gasteiger partial charge >= 0.3 is 6.03 Å². The van der Waals surface area contributed by atoms with Gasteiger partial charge in [0.25, 0.3) is 5.91 Å². The summed E-state index contributed by atoms with van der Waals surface area (Å²) in [4.78, 5) is 31.0. The third kappa shape index (κ3) is 7.31. The summed E-state index contributed by atoms with van der Waals surface area (Å²) < 4.78 is 0. The number of rotatable bonds is 11. The van der Waals surface area contributed by atoms with Crippen molar-refractivity contribution in [3.8, 4) is 0 Å². The molecule has 152 valence electrons. The first-order valence-corrected chi connectivity index (χ1v) is 10.8. The molecule has 6 nitrogen and oxygen atoms in total. The molecule has 0 spiro atoms. The fraction of sp³-hybridized carbons (Fsp3) is 0.476. The van der Waals surface area contributed by atoms with E-state index in [-0.39, 0.29) is 11.9 Å². The molecule has 7 heteroatoms. The van der Waals surface area contributed by atoms with Gasteiger partial charge in [-0.15, -0.1) is 11.3 Å². The molecular formula is C21H30N4O2S. The predicted octanol–water partition coefficient (Wildman–Crippen LogP) is 4.18. The summed E-state index contributed by atoms with van der Waals surface area (Å²) in [6.07, 6.45) is 3.92. The first-order valence-electron chi connectivity index (χ1n) is 9.93. The minimum absolute atomic E-state index is 0.110. The number of nitrogens with zero attached hydrogens (tertiary/aromatic N) is 2. The molecular weight excluding hydrogens is 372 g/mol. The topological polar surface area (TPSA) is 74.3 Å². The summed E-state index contributed by atoms with van der Waals surface area (Å²) in [7, 11) is 0. The highest BCUT2D eigenvalue weighted by atomic mass is 32.1. The van der Waals surface area contributed by atoms with E-state index in [1.165, 1.54) is 11.3 Å². The number of carbonyl (C=O) groups excluding carboxylic acids is 2. The number of nitrogens with one attached hydrogen (secondary N) is 2. The largest absolute Gasteiger partial charge is 0.351 e. The fourth-order valence-electron chi connectivity index (χ4n) is 2.61. The smallest absolute Gasteiger partial charge is 0.318 e. The van der Waals surface area contributed by atoms with Crippen LogP contribution in [-0.4, -0.2) is 34.9 Å². The fourth-order valence-corrected chi connectivity index (χ4v) is 3.40. The highest BCUT2D eigenvalue weighted by Gasteiger charge is 2.17. The molecule has 0 aliphatic rings. The predicted molar refractivity (Wildman–Crippen MR) is 113 cm³/mol. The van der Waals surface area contributed by atoms with Crippen LogP contribution in [0.1, 0.15) is 60.6 Å². The molecule has 0 atom stereocenters. The molecule has 28 heavy (non-hydrogen) atoms. The number of carbonyl (C=O) groups is 2. The number of hydrogen-bond acceptors (Lipinski definition) is 4. The van der Waals surface area contributed by atoms with Crippen LogP contribution >= 0.6 is 11.3 Å². The van der Waals surface area contributed by atoms with Gasteiger partial charge in [0, 0.05) is 25.0 Å². The van der Waals surface area contributed by atoms with Crippen LogP contribution < -0.4 is 10.6 Å². The number of amides is 3. The molecule has 0 radical (unpaired) electrons. The van der Waals surface area contributed by atoms with E-state index in [0.29, 0.717) is 31.9 Å². The van der Waals surface area contributed by atoms with Crippen molar-refractivity contribution in [1.29, 1.82) is 0 Å². The van der Waals surface area contributed by atoms with Crippen molar-refractivity contribution in [3.63, 3.8) is 0 Å². The first-order chi connectivity index (χ1) is 13.6. The summed E-state index contributed by atoms with van der Waals surface area (Å²) in [6.45, 7) is 6.41. The van der Waals surface area contributed by atoms with E-state index >= 15 is 0 Å². The Morgan fingerprint density at radius 3 is 2.54 bits per heavy atom. The van der Waals surface area contributed by atoms with Gasteiger partial charge in [0.2, 0.25) is 0 Å². The average Bonchev–Trinajstić information content (AvgIpc) is 3.19. The quantitative estimate of drug-likeness (QED) is 0.554. The zero-order valence-corrected chi connectivity index (χ0v) is 17.6. The second kappa shape index (κ2) is 12.1. The van der Waals surface area contributed by atoms with Crippen LogP contribution in [0, 0.1) is 0 Å². The highest BCUT2D eigenvalue weighted by Crippen LogP contribution is 2.14. The van der Waals surface area contributed by atoms with E-state index in [1.54, 1.807) is 10.3 Å². The van der Waals surface area contributed by atoms with Crippen LogP contribution in [0.2, 0.25) is 0 Å². The Morgan fingerprint density at radius 2 is 1.82 bits per heavy atom. The number of hydrogen-bond donors (Lipinski definition) is 2. The van der Waals surface area contributed by atoms with Crippen molar-refractivity contribution < 1.29 is 9.59 Å². The molecule has 0 aliphatic carbocycles. The number of urea groups is 1. The Hall–Kier alpha value is -2.41. The minimum Gasteiger partial charge on any atom is -0.351 e. The molecule has 0 unspecified atom stereocenters. The minimum atomic E-state index is -0.149. The Kier molecular flexibility index (Phi) is 9.48. The highest BCUT2D eigenvalue weighted by molar-refractivity contribution is 7.09. The van der Waals surface area contributed by atoms with Crippen molar-refractivity contribution in [2.45, 2.75) is 52.6 Å². The standard InChI is InChI=1S/C21H30N4O2S/c1-3-5-12-22-20(26)18-16-28-19(24-18)15-25(13-6-4-2)21(27)23-14-17-10-8-7-9-11-17/h7-11,16H,3-6,12-15H2,1-2H3,(H,22,26)(H,23,27). The van der Waals surface area contributed by atoms with Crippen molar-refractivity contribution in [2.24, 2.45) is 0 Å². The summed E-state index contributed by atoms with van der Waals surface area (Å²) in [6, 6.07) is 9.73. The second-order valence-electron chi connectivity index (χ2n) is 6.66. The average molecular weight is 403 g/mol. The van der Waals surface area contributed by atoms with E-state index in [9.17, 15) is 9.59 Å². The van der Waals surface area contributed by atoms with Crippen LogP contribution in [0.25, 0.3) is 0 Å². The Bertz CT molecular complexity index is 733. The van der Waals surface area contributed by atoms with Crippen LogP contribution in [0.4, 0.5) is 4.79 Å². The molecule has 0 aliphatic heterocycles. The maximum Gasteiger partial charge on any atom is 0.318 e. The van der Waals surface area contributed by atoms with Crippen LogP contribution in [0.3, 0.4) is 0 Å². The zero-order valence-electron chi connectivity index (χ0n) is 16.7. The lowest BCUT2D eigenvalue weighted by Gasteiger charge is -2.22. The third-order valence-electron chi connectivity index (χ3n) is 4.28. The van der Waals surface area contributed by atoms with Crippen molar-refractivity contribution >= 4 is 23.3 Å². The number of aromatic nitrogens is 1. The summed E-state index contributed by atoms with van der Waals surface area (Å²) >= 11 is 1.42. The monoisotopic (exact) mass is 402 g/mol. The van der Waals surface area contributed by atoms with Gasteiger partial charge in [0.1, 0.15) is 10.7 Å². The van der Waals surface area contributed by atoms with Gasteiger partial charge < -0.3 is 15.5 Å². The van der Waals surface area contributed by atoms with Crippen molar-refractivity contribution in [1.82, 2.24) is 20.5 Å². The van der Waals surface area contributed by atoms with Gasteiger partial charge in [0.15, 0.2) is 0 Å². The van der Waals surface area contributed by atoms with Crippen molar-refractivity contribution in [3.05, 3.63) is 52.0 Å². The molecule has 1 heterocycles. The van der Waals surface area contributed by atoms with E-state index in [2.05, 4.69) is 29.5 Å². The van der Waals surface area contributed by atoms with E-state index in [0.717, 1.165) is 36.3 Å². The van der Waals surface area contributed by atoms with Gasteiger partial charge in [-0.1, -0.05) is 57.0 Å². The Balaban J connectivity index is 1.93. The molecule has 2 N–H and O–H groups in total. The van der Waals surface area contributed by atoms with Gasteiger partial charge in [-0.05, 0) is 18.4 Å². The van der Waals surface area contributed by atoms with Gasteiger partial charge in [-0.3, -0.25) is 4.79 Å². The Morgan fingerprint density at radius 1 is 1.07 bits per heavy atom. The van der Waals surface area contributed by atoms with E-state index in [4.69, 9.17) is 0 Å². The van der Waals surface area contributed by atoms with Crippen LogP contribution in [0.15, 0.2) is 35.7 Å². The normalized spacial score (nSPS) is 10.5. The molecule has 0 saturated heterocycles.